The van der Waals surface area contributed by atoms with Crippen molar-refractivity contribution in [2.45, 2.75) is 13.1 Å². The summed E-state index contributed by atoms with van der Waals surface area (Å²) in [4.78, 5) is 0. The number of nitrogens with one attached hydrogen (secondary N) is 1. The van der Waals surface area contributed by atoms with Crippen LogP contribution < -0.4 is 10.1 Å². The second-order valence-corrected chi connectivity index (χ2v) is 3.74. The quantitative estimate of drug-likeness (QED) is 0.832. The molecule has 2 N–H and O–H groups in total. The summed E-state index contributed by atoms with van der Waals surface area (Å²) in [5, 5.41) is 12.7. The van der Waals surface area contributed by atoms with Crippen LogP contribution in [0.1, 0.15) is 11.1 Å². The van der Waals surface area contributed by atoms with E-state index in [-0.39, 0.29) is 5.75 Å². The van der Waals surface area contributed by atoms with Crippen molar-refractivity contribution < 1.29 is 14.3 Å². The predicted molar refractivity (Wildman–Crippen MR) is 63.9 cm³/mol. The Balaban J connectivity index is 1.90. The lowest BCUT2D eigenvalue weighted by Crippen LogP contribution is -2.12. The summed E-state index contributed by atoms with van der Waals surface area (Å²) in [5.41, 5.74) is 2.17. The van der Waals surface area contributed by atoms with Crippen LogP contribution in [0.5, 0.6) is 11.5 Å². The molecule has 0 bridgehead atoms. The maximum absolute atomic E-state index is 9.45. The number of furan rings is 1. The van der Waals surface area contributed by atoms with Gasteiger partial charge in [0.15, 0.2) is 11.5 Å². The summed E-state index contributed by atoms with van der Waals surface area (Å²) in [7, 11) is 1.54. The number of hydrogen-bond acceptors (Lipinski definition) is 4. The molecule has 0 spiro atoms. The minimum absolute atomic E-state index is 0.158. The van der Waals surface area contributed by atoms with Crippen molar-refractivity contribution in [1.29, 1.82) is 0 Å². The van der Waals surface area contributed by atoms with E-state index in [0.717, 1.165) is 17.7 Å². The summed E-state index contributed by atoms with van der Waals surface area (Å²) in [6.45, 7) is 1.46. The highest BCUT2D eigenvalue weighted by molar-refractivity contribution is 5.41. The van der Waals surface area contributed by atoms with E-state index in [4.69, 9.17) is 9.15 Å². The Kier molecular flexibility index (Phi) is 3.67. The summed E-state index contributed by atoms with van der Waals surface area (Å²) in [6.07, 6.45) is 3.37. The van der Waals surface area contributed by atoms with E-state index in [9.17, 15) is 5.11 Å². The fourth-order valence-corrected chi connectivity index (χ4v) is 1.58. The number of phenolic OH excluding ortho intramolecular Hbond substituents is 1. The lowest BCUT2D eigenvalue weighted by Gasteiger charge is -2.07. The van der Waals surface area contributed by atoms with Crippen LogP contribution in [-0.2, 0) is 13.1 Å². The van der Waals surface area contributed by atoms with E-state index in [2.05, 4.69) is 5.32 Å². The van der Waals surface area contributed by atoms with Crippen molar-refractivity contribution in [3.63, 3.8) is 0 Å². The molecule has 17 heavy (non-hydrogen) atoms. The highest BCUT2D eigenvalue weighted by atomic mass is 16.5. The molecule has 1 aromatic carbocycles. The van der Waals surface area contributed by atoms with E-state index >= 15 is 0 Å². The Bertz CT molecular complexity index is 466. The third-order valence-corrected chi connectivity index (χ3v) is 2.48. The molecular formula is C13H15NO3. The Morgan fingerprint density at radius 1 is 1.24 bits per heavy atom. The fourth-order valence-electron chi connectivity index (χ4n) is 1.58. The second-order valence-electron chi connectivity index (χ2n) is 3.74. The molecule has 2 rings (SSSR count). The number of phenols is 1. The van der Waals surface area contributed by atoms with E-state index in [0.29, 0.717) is 12.3 Å². The largest absolute Gasteiger partial charge is 0.504 e. The standard InChI is InChI=1S/C13H15NO3/c1-16-13-6-10(2-3-12(13)15)7-14-8-11-4-5-17-9-11/h2-6,9,14-15H,7-8H2,1H3. The van der Waals surface area contributed by atoms with Crippen LogP contribution in [0.2, 0.25) is 0 Å². The molecule has 0 unspecified atom stereocenters. The number of hydrogen-bond donors (Lipinski definition) is 2. The zero-order valence-electron chi connectivity index (χ0n) is 9.64. The van der Waals surface area contributed by atoms with Crippen LogP contribution >= 0.6 is 0 Å². The Morgan fingerprint density at radius 3 is 2.76 bits per heavy atom. The summed E-state index contributed by atoms with van der Waals surface area (Å²) < 4.78 is 10.0. The van der Waals surface area contributed by atoms with Gasteiger partial charge in [-0.1, -0.05) is 6.07 Å². The first-order chi connectivity index (χ1) is 8.29. The maximum Gasteiger partial charge on any atom is 0.160 e. The van der Waals surface area contributed by atoms with Crippen LogP contribution in [0.15, 0.2) is 41.2 Å². The zero-order chi connectivity index (χ0) is 12.1. The van der Waals surface area contributed by atoms with Gasteiger partial charge in [0, 0.05) is 18.7 Å². The van der Waals surface area contributed by atoms with E-state index in [1.54, 1.807) is 18.6 Å². The minimum Gasteiger partial charge on any atom is -0.504 e. The van der Waals surface area contributed by atoms with Crippen molar-refractivity contribution in [1.82, 2.24) is 5.32 Å². The number of ether oxygens (including phenoxy) is 1. The van der Waals surface area contributed by atoms with Crippen molar-refractivity contribution in [3.05, 3.63) is 47.9 Å². The number of benzene rings is 1. The lowest BCUT2D eigenvalue weighted by atomic mass is 10.2. The van der Waals surface area contributed by atoms with Crippen molar-refractivity contribution >= 4 is 0 Å². The van der Waals surface area contributed by atoms with Crippen molar-refractivity contribution in [2.24, 2.45) is 0 Å². The third kappa shape index (κ3) is 3.01. The first-order valence-corrected chi connectivity index (χ1v) is 5.37. The lowest BCUT2D eigenvalue weighted by molar-refractivity contribution is 0.373. The van der Waals surface area contributed by atoms with Gasteiger partial charge in [-0.2, -0.15) is 0 Å². The normalized spacial score (nSPS) is 10.4. The first kappa shape index (κ1) is 11.5. The molecular weight excluding hydrogens is 218 g/mol. The number of methoxy groups -OCH3 is 1. The van der Waals surface area contributed by atoms with Gasteiger partial charge in [-0.25, -0.2) is 0 Å². The SMILES string of the molecule is COc1cc(CNCc2ccoc2)ccc1O. The van der Waals surface area contributed by atoms with Crippen LogP contribution in [-0.4, -0.2) is 12.2 Å². The van der Waals surface area contributed by atoms with Crippen LogP contribution in [0, 0.1) is 0 Å². The molecule has 0 aliphatic carbocycles. The molecule has 0 fully saturated rings. The topological polar surface area (TPSA) is 54.6 Å². The molecule has 1 heterocycles. The average Bonchev–Trinajstić information content (AvgIpc) is 2.84. The number of rotatable bonds is 5. The molecule has 0 aliphatic rings. The molecule has 0 amide bonds. The van der Waals surface area contributed by atoms with Crippen LogP contribution in [0.25, 0.3) is 0 Å². The molecule has 4 nitrogen and oxygen atoms in total. The Morgan fingerprint density at radius 2 is 2.06 bits per heavy atom. The molecule has 0 aliphatic heterocycles. The van der Waals surface area contributed by atoms with Gasteiger partial charge in [0.1, 0.15) is 0 Å². The van der Waals surface area contributed by atoms with Gasteiger partial charge in [-0.3, -0.25) is 0 Å². The summed E-state index contributed by atoms with van der Waals surface area (Å²) in [5.74, 6) is 0.652. The van der Waals surface area contributed by atoms with Crippen molar-refractivity contribution in [3.8, 4) is 11.5 Å². The number of aromatic hydroxyl groups is 1. The van der Waals surface area contributed by atoms with Crippen LogP contribution in [0.4, 0.5) is 0 Å². The van der Waals surface area contributed by atoms with Gasteiger partial charge in [0.05, 0.1) is 19.6 Å². The predicted octanol–water partition coefficient (Wildman–Crippen LogP) is 2.28. The van der Waals surface area contributed by atoms with Gasteiger partial charge in [0.2, 0.25) is 0 Å². The smallest absolute Gasteiger partial charge is 0.160 e. The third-order valence-electron chi connectivity index (χ3n) is 2.48. The van der Waals surface area contributed by atoms with Gasteiger partial charge in [-0.05, 0) is 23.8 Å². The Labute approximate surface area is 99.8 Å². The maximum atomic E-state index is 9.45. The molecule has 1 aromatic heterocycles. The van der Waals surface area contributed by atoms with Gasteiger partial charge >= 0.3 is 0 Å². The van der Waals surface area contributed by atoms with Gasteiger partial charge < -0.3 is 19.6 Å². The monoisotopic (exact) mass is 233 g/mol. The van der Waals surface area contributed by atoms with E-state index in [1.807, 2.05) is 18.2 Å². The molecule has 90 valence electrons. The van der Waals surface area contributed by atoms with E-state index in [1.165, 1.54) is 7.11 Å². The molecule has 0 saturated carbocycles. The van der Waals surface area contributed by atoms with Gasteiger partial charge in [-0.15, -0.1) is 0 Å². The molecule has 0 saturated heterocycles. The fraction of sp³-hybridized carbons (Fsp3) is 0.231. The summed E-state index contributed by atoms with van der Waals surface area (Å²) >= 11 is 0. The average molecular weight is 233 g/mol. The van der Waals surface area contributed by atoms with Gasteiger partial charge in [0.25, 0.3) is 0 Å². The zero-order valence-corrected chi connectivity index (χ0v) is 9.64. The van der Waals surface area contributed by atoms with E-state index < -0.39 is 0 Å². The van der Waals surface area contributed by atoms with Crippen molar-refractivity contribution in [2.75, 3.05) is 7.11 Å². The second kappa shape index (κ2) is 5.41. The molecule has 2 aromatic rings. The summed E-state index contributed by atoms with van der Waals surface area (Å²) in [6, 6.07) is 7.23. The van der Waals surface area contributed by atoms with Crippen LogP contribution in [0.3, 0.4) is 0 Å². The highest BCUT2D eigenvalue weighted by Crippen LogP contribution is 2.26. The first-order valence-electron chi connectivity index (χ1n) is 5.37. The minimum atomic E-state index is 0.158. The molecule has 0 atom stereocenters. The Hall–Kier alpha value is -1.94. The molecule has 0 radical (unpaired) electrons. The highest BCUT2D eigenvalue weighted by Gasteiger charge is 2.02. The molecule has 4 heteroatoms.